The maximum atomic E-state index is 9.18. The molecule has 1 rings (SSSR count). The van der Waals surface area contributed by atoms with Crippen LogP contribution in [0.25, 0.3) is 0 Å². The Hall–Kier alpha value is 0.270. The van der Waals surface area contributed by atoms with Gasteiger partial charge in [-0.05, 0) is 36.9 Å². The molecule has 0 aromatic carbocycles. The Balaban J connectivity index is 2.60. The van der Waals surface area contributed by atoms with Crippen molar-refractivity contribution in [2.45, 2.75) is 58.4 Å². The third-order valence-corrected chi connectivity index (χ3v) is 4.56. The zero-order chi connectivity index (χ0) is 12.7. The van der Waals surface area contributed by atoms with Gasteiger partial charge in [0.15, 0.2) is 0 Å². The summed E-state index contributed by atoms with van der Waals surface area (Å²) in [6.45, 7) is 6.79. The molecule has 3 heteroatoms. The van der Waals surface area contributed by atoms with Crippen molar-refractivity contribution in [3.8, 4) is 0 Å². The molecule has 2 nitrogen and oxygen atoms in total. The van der Waals surface area contributed by atoms with Gasteiger partial charge in [0, 0.05) is 19.1 Å². The monoisotopic (exact) mass is 259 g/mol. The van der Waals surface area contributed by atoms with E-state index in [9.17, 15) is 5.11 Å². The third kappa shape index (κ3) is 4.80. The average Bonchev–Trinajstić information content (AvgIpc) is 3.13. The smallest absolute Gasteiger partial charge is 0.0558 e. The van der Waals surface area contributed by atoms with E-state index in [1.807, 2.05) is 0 Å². The summed E-state index contributed by atoms with van der Waals surface area (Å²) < 4.78 is 0. The van der Waals surface area contributed by atoms with E-state index in [0.29, 0.717) is 5.41 Å². The van der Waals surface area contributed by atoms with Crippen LogP contribution >= 0.6 is 12.6 Å². The van der Waals surface area contributed by atoms with Gasteiger partial charge in [0.1, 0.15) is 0 Å². The largest absolute Gasteiger partial charge is 0.395 e. The van der Waals surface area contributed by atoms with E-state index in [1.54, 1.807) is 0 Å². The minimum Gasteiger partial charge on any atom is -0.395 e. The number of aliphatic hydroxyl groups is 1. The quantitative estimate of drug-likeness (QED) is 0.589. The molecular formula is C14H29NOS. The highest BCUT2D eigenvalue weighted by Crippen LogP contribution is 2.36. The SMILES string of the molecule is CCCC(CS)(CCC)CN(CCO)C1CC1. The zero-order valence-electron chi connectivity index (χ0n) is 11.5. The summed E-state index contributed by atoms with van der Waals surface area (Å²) in [5.74, 6) is 0.976. The molecule has 17 heavy (non-hydrogen) atoms. The molecule has 0 amide bonds. The molecule has 1 saturated carbocycles. The molecule has 1 fully saturated rings. The van der Waals surface area contributed by atoms with Crippen LogP contribution in [0.15, 0.2) is 0 Å². The molecule has 102 valence electrons. The minimum atomic E-state index is 0.289. The molecule has 0 atom stereocenters. The van der Waals surface area contributed by atoms with Gasteiger partial charge in [0.25, 0.3) is 0 Å². The molecule has 0 aromatic rings. The van der Waals surface area contributed by atoms with Crippen LogP contribution in [-0.2, 0) is 0 Å². The maximum absolute atomic E-state index is 9.18. The van der Waals surface area contributed by atoms with Crippen LogP contribution in [0.3, 0.4) is 0 Å². The standard InChI is InChI=1S/C14H29NOS/c1-3-7-14(12-17,8-4-2)11-15(9-10-16)13-5-6-13/h13,16-17H,3-12H2,1-2H3. The topological polar surface area (TPSA) is 23.5 Å². The lowest BCUT2D eigenvalue weighted by Gasteiger charge is -2.37. The number of rotatable bonds is 10. The zero-order valence-corrected chi connectivity index (χ0v) is 12.4. The number of thiol groups is 1. The molecule has 0 heterocycles. The molecule has 0 radical (unpaired) electrons. The fourth-order valence-corrected chi connectivity index (χ4v) is 3.36. The lowest BCUT2D eigenvalue weighted by molar-refractivity contribution is 0.116. The number of nitrogens with zero attached hydrogens (tertiary/aromatic N) is 1. The molecule has 1 aliphatic rings. The second-order valence-electron chi connectivity index (χ2n) is 5.58. The summed E-state index contributed by atoms with van der Waals surface area (Å²) in [6.07, 6.45) is 7.64. The first-order valence-electron chi connectivity index (χ1n) is 7.17. The Morgan fingerprint density at radius 1 is 1.24 bits per heavy atom. The summed E-state index contributed by atoms with van der Waals surface area (Å²) in [4.78, 5) is 2.50. The second-order valence-corrected chi connectivity index (χ2v) is 5.90. The fraction of sp³-hybridized carbons (Fsp3) is 1.00. The van der Waals surface area contributed by atoms with Gasteiger partial charge in [0.2, 0.25) is 0 Å². The third-order valence-electron chi connectivity index (χ3n) is 3.89. The van der Waals surface area contributed by atoms with Crippen molar-refractivity contribution in [2.24, 2.45) is 5.41 Å². The van der Waals surface area contributed by atoms with E-state index < -0.39 is 0 Å². The highest BCUT2D eigenvalue weighted by Gasteiger charge is 2.35. The Bertz CT molecular complexity index is 200. The predicted molar refractivity (Wildman–Crippen MR) is 77.8 cm³/mol. The fourth-order valence-electron chi connectivity index (χ4n) is 2.94. The van der Waals surface area contributed by atoms with Crippen LogP contribution in [0.1, 0.15) is 52.4 Å². The number of hydrogen-bond donors (Lipinski definition) is 2. The van der Waals surface area contributed by atoms with Gasteiger partial charge in [-0.15, -0.1) is 0 Å². The van der Waals surface area contributed by atoms with Crippen LogP contribution in [0.4, 0.5) is 0 Å². The van der Waals surface area contributed by atoms with E-state index in [-0.39, 0.29) is 6.61 Å². The Morgan fingerprint density at radius 3 is 2.18 bits per heavy atom. The highest BCUT2D eigenvalue weighted by atomic mass is 32.1. The minimum absolute atomic E-state index is 0.289. The highest BCUT2D eigenvalue weighted by molar-refractivity contribution is 7.80. The predicted octanol–water partition coefficient (Wildman–Crippen LogP) is 2.96. The van der Waals surface area contributed by atoms with Crippen LogP contribution in [0.5, 0.6) is 0 Å². The van der Waals surface area contributed by atoms with Crippen molar-refractivity contribution in [1.29, 1.82) is 0 Å². The first kappa shape index (κ1) is 15.3. The van der Waals surface area contributed by atoms with Crippen LogP contribution in [0, 0.1) is 5.41 Å². The molecule has 0 aromatic heterocycles. The molecule has 0 saturated heterocycles. The molecule has 0 bridgehead atoms. The number of aliphatic hydroxyl groups excluding tert-OH is 1. The van der Waals surface area contributed by atoms with Gasteiger partial charge in [-0.1, -0.05) is 26.7 Å². The van der Waals surface area contributed by atoms with Crippen molar-refractivity contribution in [3.05, 3.63) is 0 Å². The lowest BCUT2D eigenvalue weighted by atomic mass is 9.80. The molecule has 1 N–H and O–H groups in total. The van der Waals surface area contributed by atoms with Gasteiger partial charge >= 0.3 is 0 Å². The molecule has 0 aliphatic heterocycles. The molecule has 1 aliphatic carbocycles. The second kappa shape index (κ2) is 7.65. The summed E-state index contributed by atoms with van der Waals surface area (Å²) in [7, 11) is 0. The van der Waals surface area contributed by atoms with E-state index >= 15 is 0 Å². The summed E-state index contributed by atoms with van der Waals surface area (Å²) in [5, 5.41) is 9.18. The van der Waals surface area contributed by atoms with Gasteiger partial charge in [-0.2, -0.15) is 12.6 Å². The van der Waals surface area contributed by atoms with Gasteiger partial charge < -0.3 is 5.11 Å². The van der Waals surface area contributed by atoms with E-state index in [0.717, 1.165) is 24.9 Å². The maximum Gasteiger partial charge on any atom is 0.0558 e. The first-order valence-corrected chi connectivity index (χ1v) is 7.80. The Kier molecular flexibility index (Phi) is 6.90. The van der Waals surface area contributed by atoms with E-state index in [1.165, 1.54) is 38.5 Å². The first-order chi connectivity index (χ1) is 8.21. The van der Waals surface area contributed by atoms with Crippen molar-refractivity contribution in [3.63, 3.8) is 0 Å². The van der Waals surface area contributed by atoms with Crippen LogP contribution < -0.4 is 0 Å². The van der Waals surface area contributed by atoms with Crippen molar-refractivity contribution >= 4 is 12.6 Å². The van der Waals surface area contributed by atoms with Crippen molar-refractivity contribution in [1.82, 2.24) is 4.90 Å². The molecule has 0 unspecified atom stereocenters. The molecule has 0 spiro atoms. The van der Waals surface area contributed by atoms with Gasteiger partial charge in [-0.3, -0.25) is 4.90 Å². The van der Waals surface area contributed by atoms with Crippen molar-refractivity contribution in [2.75, 3.05) is 25.4 Å². The summed E-state index contributed by atoms with van der Waals surface area (Å²) in [5.41, 5.74) is 0.365. The van der Waals surface area contributed by atoms with Gasteiger partial charge in [-0.25, -0.2) is 0 Å². The average molecular weight is 259 g/mol. The summed E-state index contributed by atoms with van der Waals surface area (Å²) >= 11 is 4.61. The Labute approximate surface area is 112 Å². The number of hydrogen-bond acceptors (Lipinski definition) is 3. The lowest BCUT2D eigenvalue weighted by Crippen LogP contribution is -2.41. The molecular weight excluding hydrogens is 230 g/mol. The van der Waals surface area contributed by atoms with Crippen LogP contribution in [-0.4, -0.2) is 41.5 Å². The van der Waals surface area contributed by atoms with Crippen molar-refractivity contribution < 1.29 is 5.11 Å². The normalized spacial score (nSPS) is 16.8. The summed E-state index contributed by atoms with van der Waals surface area (Å²) in [6, 6.07) is 0.745. The van der Waals surface area contributed by atoms with E-state index in [4.69, 9.17) is 0 Å². The Morgan fingerprint density at radius 2 is 1.82 bits per heavy atom. The van der Waals surface area contributed by atoms with Gasteiger partial charge in [0.05, 0.1) is 6.61 Å². The van der Waals surface area contributed by atoms with Crippen LogP contribution in [0.2, 0.25) is 0 Å². The van der Waals surface area contributed by atoms with E-state index in [2.05, 4.69) is 31.4 Å².